The Labute approximate surface area is 44.0 Å². The molecule has 4 heteroatoms. The predicted octanol–water partition coefficient (Wildman–Crippen LogP) is -0.524. The second kappa shape index (κ2) is 3.55. The van der Waals surface area contributed by atoms with Crippen LogP contribution in [0.5, 0.6) is 0 Å². The zero-order chi connectivity index (χ0) is 5.70. The molecule has 0 amide bonds. The Kier molecular flexibility index (Phi) is 3.22. The molecular weight excluding hydrogens is 116 g/mol. The molecular formula is C3H4O3S. The summed E-state index contributed by atoms with van der Waals surface area (Å²) in [6.45, 7) is 0. The van der Waals surface area contributed by atoms with E-state index in [-0.39, 0.29) is 17.7 Å². The van der Waals surface area contributed by atoms with Gasteiger partial charge in [0.2, 0.25) is 0 Å². The third kappa shape index (κ3) is 5.36. The summed E-state index contributed by atoms with van der Waals surface area (Å²) in [5, 5.41) is 8.95. The molecule has 0 atom stereocenters. The topological polar surface area (TPSA) is 54.4 Å². The van der Waals surface area contributed by atoms with Crippen molar-refractivity contribution in [3.05, 3.63) is 0 Å². The maximum atomic E-state index is 9.57. The Hall–Kier alpha value is -0.640. The van der Waals surface area contributed by atoms with E-state index >= 15 is 0 Å². The first kappa shape index (κ1) is 6.36. The SMILES string of the molecule is O=S=CCC(=O)O. The van der Waals surface area contributed by atoms with Crippen molar-refractivity contribution in [3.8, 4) is 0 Å². The molecule has 0 spiro atoms. The van der Waals surface area contributed by atoms with Crippen LogP contribution in [0.3, 0.4) is 0 Å². The largest absolute Gasteiger partial charge is 0.481 e. The summed E-state index contributed by atoms with van der Waals surface area (Å²) in [6, 6.07) is 0. The molecule has 0 aromatic rings. The maximum absolute atomic E-state index is 9.57. The molecule has 1 N–H and O–H groups in total. The predicted molar refractivity (Wildman–Crippen MR) is 26.5 cm³/mol. The number of carboxylic acids is 1. The van der Waals surface area contributed by atoms with Gasteiger partial charge in [0.25, 0.3) is 0 Å². The smallest absolute Gasteiger partial charge is 0.308 e. The zero-order valence-corrected chi connectivity index (χ0v) is 4.27. The number of aliphatic carboxylic acids is 1. The van der Waals surface area contributed by atoms with Gasteiger partial charge in [-0.25, -0.2) is 4.21 Å². The Morgan fingerprint density at radius 3 is 2.57 bits per heavy atom. The first-order chi connectivity index (χ1) is 3.27. The molecule has 7 heavy (non-hydrogen) atoms. The average Bonchev–Trinajstić information content (AvgIpc) is 1.61. The molecule has 40 valence electrons. The third-order valence-electron chi connectivity index (χ3n) is 0.326. The van der Waals surface area contributed by atoms with Crippen molar-refractivity contribution < 1.29 is 14.1 Å². The van der Waals surface area contributed by atoms with E-state index in [2.05, 4.69) is 0 Å². The molecule has 3 nitrogen and oxygen atoms in total. The summed E-state index contributed by atoms with van der Waals surface area (Å²) < 4.78 is 9.43. The molecule has 0 bridgehead atoms. The van der Waals surface area contributed by atoms with Crippen LogP contribution in [0, 0.1) is 0 Å². The van der Waals surface area contributed by atoms with Crippen LogP contribution >= 0.6 is 0 Å². The third-order valence-corrected chi connectivity index (χ3v) is 0.629. The summed E-state index contributed by atoms with van der Waals surface area (Å²) in [7, 11) is 0. The summed E-state index contributed by atoms with van der Waals surface area (Å²) >= 11 is 0.174. The fraction of sp³-hybridized carbons (Fsp3) is 0.333. The van der Waals surface area contributed by atoms with E-state index < -0.39 is 5.97 Å². The van der Waals surface area contributed by atoms with Gasteiger partial charge in [0.15, 0.2) is 0 Å². The quantitative estimate of drug-likeness (QED) is 0.499. The molecule has 0 saturated carbocycles. The molecule has 0 fully saturated rings. The van der Waals surface area contributed by atoms with E-state index in [0.717, 1.165) is 5.37 Å². The van der Waals surface area contributed by atoms with Crippen LogP contribution in [-0.4, -0.2) is 20.7 Å². The molecule has 0 aliphatic heterocycles. The number of rotatable bonds is 2. The fourth-order valence-electron chi connectivity index (χ4n) is 0.105. The summed E-state index contributed by atoms with van der Waals surface area (Å²) in [5.41, 5.74) is 0. The lowest BCUT2D eigenvalue weighted by Gasteiger charge is -1.73. The first-order valence-corrected chi connectivity index (χ1v) is 2.40. The maximum Gasteiger partial charge on any atom is 0.308 e. The minimum absolute atomic E-state index is 0.159. The van der Waals surface area contributed by atoms with Crippen molar-refractivity contribution in [2.75, 3.05) is 0 Å². The van der Waals surface area contributed by atoms with Crippen molar-refractivity contribution in [1.29, 1.82) is 0 Å². The van der Waals surface area contributed by atoms with E-state index in [9.17, 15) is 9.00 Å². The van der Waals surface area contributed by atoms with Gasteiger partial charge in [-0.15, -0.1) is 0 Å². The second-order valence-electron chi connectivity index (χ2n) is 0.861. The van der Waals surface area contributed by atoms with Crippen LogP contribution < -0.4 is 0 Å². The molecule has 0 aromatic heterocycles. The van der Waals surface area contributed by atoms with Crippen LogP contribution in [0.25, 0.3) is 0 Å². The highest BCUT2D eigenvalue weighted by Crippen LogP contribution is 1.66. The van der Waals surface area contributed by atoms with Crippen molar-refractivity contribution in [2.24, 2.45) is 0 Å². The van der Waals surface area contributed by atoms with Crippen LogP contribution in [0.1, 0.15) is 6.42 Å². The second-order valence-corrected chi connectivity index (χ2v) is 1.39. The normalized spacial score (nSPS) is 7.43. The molecule has 0 radical (unpaired) electrons. The Bertz CT molecular complexity index is 113. The summed E-state index contributed by atoms with van der Waals surface area (Å²) in [5.74, 6) is -0.969. The van der Waals surface area contributed by atoms with E-state index in [4.69, 9.17) is 5.11 Å². The van der Waals surface area contributed by atoms with Crippen LogP contribution in [0.2, 0.25) is 0 Å². The molecule has 0 aliphatic rings. The molecule has 0 unspecified atom stereocenters. The van der Waals surface area contributed by atoms with Crippen molar-refractivity contribution in [1.82, 2.24) is 0 Å². The van der Waals surface area contributed by atoms with Crippen molar-refractivity contribution in [2.45, 2.75) is 6.42 Å². The molecule has 0 saturated heterocycles. The lowest BCUT2D eigenvalue weighted by Crippen LogP contribution is -1.93. The van der Waals surface area contributed by atoms with Gasteiger partial charge in [0, 0.05) is 5.37 Å². The van der Waals surface area contributed by atoms with Gasteiger partial charge in [-0.05, 0) is 0 Å². The minimum atomic E-state index is -0.969. The van der Waals surface area contributed by atoms with E-state index in [1.165, 1.54) is 0 Å². The van der Waals surface area contributed by atoms with E-state index in [1.54, 1.807) is 0 Å². The highest BCUT2D eigenvalue weighted by molar-refractivity contribution is 7.64. The zero-order valence-electron chi connectivity index (χ0n) is 3.46. The van der Waals surface area contributed by atoms with Gasteiger partial charge in [0.1, 0.15) is 0 Å². The van der Waals surface area contributed by atoms with Crippen molar-refractivity contribution >= 4 is 22.6 Å². The number of hydrogen-bond donors (Lipinski definition) is 1. The molecule has 0 aliphatic carbocycles. The van der Waals surface area contributed by atoms with Gasteiger partial charge >= 0.3 is 5.97 Å². The van der Waals surface area contributed by atoms with Gasteiger partial charge in [-0.2, -0.15) is 0 Å². The minimum Gasteiger partial charge on any atom is -0.481 e. The lowest BCUT2D eigenvalue weighted by molar-refractivity contribution is -0.135. The van der Waals surface area contributed by atoms with Gasteiger partial charge in [-0.1, -0.05) is 0 Å². The monoisotopic (exact) mass is 120 g/mol. The lowest BCUT2D eigenvalue weighted by atomic mass is 10.5. The van der Waals surface area contributed by atoms with E-state index in [1.807, 2.05) is 0 Å². The number of carboxylic acid groups (broad SMARTS) is 1. The average molecular weight is 120 g/mol. The van der Waals surface area contributed by atoms with Crippen molar-refractivity contribution in [3.63, 3.8) is 0 Å². The van der Waals surface area contributed by atoms with Gasteiger partial charge in [-0.3, -0.25) is 4.79 Å². The highest BCUT2D eigenvalue weighted by Gasteiger charge is 1.86. The number of hydrogen-bond acceptors (Lipinski definition) is 2. The van der Waals surface area contributed by atoms with Crippen LogP contribution in [0.15, 0.2) is 0 Å². The Morgan fingerprint density at radius 2 is 2.43 bits per heavy atom. The van der Waals surface area contributed by atoms with Crippen LogP contribution in [0.4, 0.5) is 0 Å². The summed E-state index contributed by atoms with van der Waals surface area (Å²) in [4.78, 5) is 9.57. The molecule has 0 aromatic carbocycles. The standard InChI is InChI=1S/C3H4O3S/c4-3(5)1-2-7-6/h2H,1H2,(H,4,5). The Morgan fingerprint density at radius 1 is 1.86 bits per heavy atom. The van der Waals surface area contributed by atoms with Gasteiger partial charge in [0.05, 0.1) is 17.7 Å². The molecule has 0 heterocycles. The highest BCUT2D eigenvalue weighted by atomic mass is 32.1. The fourth-order valence-corrected chi connectivity index (χ4v) is 0.316. The van der Waals surface area contributed by atoms with Crippen LogP contribution in [-0.2, 0) is 16.1 Å². The number of carbonyl (C=O) groups is 1. The Balaban J connectivity index is 3.32. The molecule has 0 rings (SSSR count). The first-order valence-electron chi connectivity index (χ1n) is 1.59. The van der Waals surface area contributed by atoms with E-state index in [0.29, 0.717) is 0 Å². The van der Waals surface area contributed by atoms with Gasteiger partial charge < -0.3 is 5.11 Å². The summed E-state index contributed by atoms with van der Waals surface area (Å²) in [6.07, 6.45) is -0.159.